The van der Waals surface area contributed by atoms with Crippen LogP contribution in [-0.4, -0.2) is 104 Å². The van der Waals surface area contributed by atoms with Crippen molar-refractivity contribution in [1.29, 1.82) is 0 Å². The fraction of sp³-hybridized carbons (Fsp3) is 0.394. The van der Waals surface area contributed by atoms with Crippen molar-refractivity contribution in [2.45, 2.75) is 68.0 Å². The highest BCUT2D eigenvalue weighted by Crippen LogP contribution is 2.59. The zero-order valence-electron chi connectivity index (χ0n) is 28.8. The Hall–Kier alpha value is -4.93. The molecule has 0 spiro atoms. The van der Waals surface area contributed by atoms with Crippen LogP contribution in [0.1, 0.15) is 29.8 Å². The molecule has 1 saturated carbocycles. The molecule has 2 aliphatic rings. The van der Waals surface area contributed by atoms with E-state index in [2.05, 4.69) is 24.9 Å². The number of nitrogens with zero attached hydrogens (tertiary/aromatic N) is 6. The smallest absolute Gasteiger partial charge is 0.394 e. The van der Waals surface area contributed by atoms with Gasteiger partial charge in [-0.05, 0) is 11.1 Å². The molecule has 4 unspecified atom stereocenters. The number of nitrogens with one attached hydrogen (secondary N) is 1. The van der Waals surface area contributed by atoms with Crippen LogP contribution in [0.15, 0.2) is 82.9 Å². The summed E-state index contributed by atoms with van der Waals surface area (Å²) in [4.78, 5) is 54.5. The van der Waals surface area contributed by atoms with Crippen LogP contribution < -0.4 is 22.7 Å². The molecule has 3 aromatic heterocycles. The Kier molecular flexibility index (Phi) is 10.9. The van der Waals surface area contributed by atoms with Crippen molar-refractivity contribution in [1.82, 2.24) is 34.1 Å². The summed E-state index contributed by atoms with van der Waals surface area (Å²) < 4.78 is 45.4. The minimum atomic E-state index is -5.21. The van der Waals surface area contributed by atoms with Gasteiger partial charge in [-0.15, -0.1) is 0 Å². The van der Waals surface area contributed by atoms with Gasteiger partial charge in [0.15, 0.2) is 17.4 Å². The van der Waals surface area contributed by atoms with Crippen molar-refractivity contribution < 1.29 is 48.0 Å². The Labute approximate surface area is 310 Å². The SMILES string of the molecule is Nc1ncn([C@@H]2CC2(OCc2ccccc2)C(OP(=O)(O)OC[C@H]2O[C@@H](n3cnc4c(=O)[nH]c(N)nc43)C(OCc3ccccc3)[C@H]2O)[C@H](O)CO)c(=O)n1. The molecule has 55 heavy (non-hydrogen) atoms. The van der Waals surface area contributed by atoms with Gasteiger partial charge >= 0.3 is 13.5 Å². The summed E-state index contributed by atoms with van der Waals surface area (Å²) in [6.45, 7) is -1.75. The largest absolute Gasteiger partial charge is 0.472 e. The lowest BCUT2D eigenvalue weighted by atomic mass is 10.1. The van der Waals surface area contributed by atoms with Gasteiger partial charge in [0.1, 0.15) is 42.4 Å². The Morgan fingerprint density at radius 2 is 1.67 bits per heavy atom. The number of aromatic amines is 1. The van der Waals surface area contributed by atoms with Gasteiger partial charge < -0.3 is 45.9 Å². The lowest BCUT2D eigenvalue weighted by Crippen LogP contribution is -2.47. The normalized spacial score (nSPS) is 25.8. The highest BCUT2D eigenvalue weighted by atomic mass is 31.2. The van der Waals surface area contributed by atoms with Crippen LogP contribution in [0, 0.1) is 0 Å². The van der Waals surface area contributed by atoms with Gasteiger partial charge in [0.05, 0.1) is 38.8 Å². The summed E-state index contributed by atoms with van der Waals surface area (Å²) in [7, 11) is -5.21. The zero-order chi connectivity index (χ0) is 38.9. The van der Waals surface area contributed by atoms with E-state index in [0.29, 0.717) is 5.56 Å². The number of ether oxygens (including phenoxy) is 3. The highest BCUT2D eigenvalue weighted by Gasteiger charge is 2.66. The number of aliphatic hydroxyl groups is 3. The van der Waals surface area contributed by atoms with Crippen LogP contribution in [-0.2, 0) is 41.0 Å². The Morgan fingerprint density at radius 3 is 2.35 bits per heavy atom. The van der Waals surface area contributed by atoms with E-state index in [9.17, 15) is 34.4 Å². The van der Waals surface area contributed by atoms with Gasteiger partial charge in [0.2, 0.25) is 11.9 Å². The van der Waals surface area contributed by atoms with E-state index < -0.39 is 80.7 Å². The van der Waals surface area contributed by atoms with Gasteiger partial charge in [0, 0.05) is 6.42 Å². The topological polar surface area (TPSA) is 308 Å². The first-order valence-corrected chi connectivity index (χ1v) is 18.4. The number of nitrogen functional groups attached to an aromatic ring is 2. The maximum absolute atomic E-state index is 13.7. The number of aromatic nitrogens is 7. The molecule has 0 radical (unpaired) electrons. The lowest BCUT2D eigenvalue weighted by Gasteiger charge is -2.32. The van der Waals surface area contributed by atoms with E-state index in [0.717, 1.165) is 16.5 Å². The van der Waals surface area contributed by atoms with Crippen molar-refractivity contribution >= 4 is 30.9 Å². The molecule has 1 aliphatic carbocycles. The molecule has 9 N–H and O–H groups in total. The molecule has 2 aromatic carbocycles. The maximum Gasteiger partial charge on any atom is 0.472 e. The molecular formula is C33H38N9O12P. The van der Waals surface area contributed by atoms with Crippen molar-refractivity contribution in [2.24, 2.45) is 0 Å². The third-order valence-corrected chi connectivity index (χ3v) is 10.3. The molecule has 5 aromatic rings. The maximum atomic E-state index is 13.7. The molecule has 4 heterocycles. The van der Waals surface area contributed by atoms with Crippen LogP contribution >= 0.6 is 7.82 Å². The van der Waals surface area contributed by atoms with Crippen molar-refractivity contribution in [2.75, 3.05) is 24.7 Å². The Balaban J connectivity index is 1.13. The third kappa shape index (κ3) is 8.07. The monoisotopic (exact) mass is 783 g/mol. The summed E-state index contributed by atoms with van der Waals surface area (Å²) in [6.07, 6.45) is -6.41. The summed E-state index contributed by atoms with van der Waals surface area (Å²) in [6, 6.07) is 17.0. The molecule has 1 aliphatic heterocycles. The van der Waals surface area contributed by atoms with E-state index >= 15 is 0 Å². The number of H-pyrrole nitrogens is 1. The number of phosphoric ester groups is 1. The Bertz CT molecular complexity index is 2280. The predicted molar refractivity (Wildman–Crippen MR) is 190 cm³/mol. The van der Waals surface area contributed by atoms with Crippen molar-refractivity contribution in [3.8, 4) is 0 Å². The second kappa shape index (κ2) is 15.7. The number of benzene rings is 2. The van der Waals surface area contributed by atoms with Gasteiger partial charge in [-0.2, -0.15) is 9.97 Å². The predicted octanol–water partition coefficient (Wildman–Crippen LogP) is -0.465. The highest BCUT2D eigenvalue weighted by molar-refractivity contribution is 7.47. The number of hydrogen-bond donors (Lipinski definition) is 7. The summed E-state index contributed by atoms with van der Waals surface area (Å²) in [5.74, 6) is -0.481. The van der Waals surface area contributed by atoms with Crippen LogP contribution in [0.3, 0.4) is 0 Å². The quantitative estimate of drug-likeness (QED) is 0.0623. The number of rotatable bonds is 16. The van der Waals surface area contributed by atoms with Gasteiger partial charge in [0.25, 0.3) is 5.56 Å². The molecule has 7 rings (SSSR count). The fourth-order valence-electron chi connectivity index (χ4n) is 6.56. The van der Waals surface area contributed by atoms with E-state index in [-0.39, 0.29) is 42.7 Å². The average Bonchev–Trinajstić information content (AvgIpc) is 3.59. The second-order valence-corrected chi connectivity index (χ2v) is 14.4. The van der Waals surface area contributed by atoms with Crippen LogP contribution in [0.5, 0.6) is 0 Å². The second-order valence-electron chi connectivity index (χ2n) is 13.0. The number of aliphatic hydroxyl groups excluding tert-OH is 3. The standard InChI is InChI=1S/C33H38N9O12P/c34-30-37-17-41(32(47)40-30)22-11-33(22,51-14-19-9-5-2-6-10-19)26(20(44)12-43)54-55(48,49)52-15-21-24(45)25(50-13-18-7-3-1-4-8-18)29(53-21)42-16-36-23-27(42)38-31(35)39-28(23)46/h1-10,16-17,20-22,24-26,29,43-45H,11-15H2,(H,48,49)(H2,34,40,47)(H3,35,38,39,46)/t20-,21-,22-,24+,25?,26?,29-,33?/m1/s1. The minimum absolute atomic E-state index is 0.0233. The molecule has 292 valence electrons. The van der Waals surface area contributed by atoms with Crippen molar-refractivity contribution in [3.63, 3.8) is 0 Å². The lowest BCUT2D eigenvalue weighted by molar-refractivity contribution is -0.127. The average molecular weight is 784 g/mol. The van der Waals surface area contributed by atoms with Gasteiger partial charge in [-0.3, -0.25) is 28.0 Å². The number of phosphoric acid groups is 1. The molecule has 21 nitrogen and oxygen atoms in total. The molecule has 22 heteroatoms. The number of anilines is 2. The van der Waals surface area contributed by atoms with E-state index in [4.69, 9.17) is 34.7 Å². The first-order valence-electron chi connectivity index (χ1n) is 16.9. The number of imidazole rings is 1. The summed E-state index contributed by atoms with van der Waals surface area (Å²) in [5.41, 5.74) is 9.67. The molecule has 1 saturated heterocycles. The van der Waals surface area contributed by atoms with E-state index in [1.807, 2.05) is 6.07 Å². The van der Waals surface area contributed by atoms with E-state index in [1.54, 1.807) is 54.6 Å². The molecule has 2 fully saturated rings. The number of nitrogens with two attached hydrogens (primary N) is 2. The third-order valence-electron chi connectivity index (χ3n) is 9.34. The van der Waals surface area contributed by atoms with Gasteiger partial charge in [-0.1, -0.05) is 60.7 Å². The zero-order valence-corrected chi connectivity index (χ0v) is 29.7. The molecule has 0 amide bonds. The molecular weight excluding hydrogens is 745 g/mol. The van der Waals surface area contributed by atoms with Crippen LogP contribution in [0.2, 0.25) is 0 Å². The molecule has 0 bridgehead atoms. The van der Waals surface area contributed by atoms with Gasteiger partial charge in [-0.25, -0.2) is 19.3 Å². The molecule has 9 atom stereocenters. The first kappa shape index (κ1) is 38.3. The number of fused-ring (bicyclic) bond motifs is 1. The number of hydrogen-bond acceptors (Lipinski definition) is 17. The van der Waals surface area contributed by atoms with Crippen LogP contribution in [0.4, 0.5) is 11.9 Å². The summed E-state index contributed by atoms with van der Waals surface area (Å²) >= 11 is 0. The first-order chi connectivity index (χ1) is 26.4. The summed E-state index contributed by atoms with van der Waals surface area (Å²) in [5, 5.41) is 32.5. The Morgan fingerprint density at radius 1 is 1.00 bits per heavy atom. The van der Waals surface area contributed by atoms with Crippen LogP contribution in [0.25, 0.3) is 11.2 Å². The minimum Gasteiger partial charge on any atom is -0.394 e. The van der Waals surface area contributed by atoms with Crippen molar-refractivity contribution in [3.05, 3.63) is 105 Å². The fourth-order valence-corrected chi connectivity index (χ4v) is 7.56. The van der Waals surface area contributed by atoms with E-state index in [1.165, 1.54) is 10.9 Å².